The number of halogens is 1. The first kappa shape index (κ1) is 24.9. The molecule has 0 unspecified atom stereocenters. The monoisotopic (exact) mass is 528 g/mol. The Kier molecular flexibility index (Phi) is 7.49. The zero-order chi connectivity index (χ0) is 25.8. The number of benzene rings is 4. The lowest BCUT2D eigenvalue weighted by atomic mass is 10.1. The number of hydrogen-bond donors (Lipinski definition) is 1. The fourth-order valence-electron chi connectivity index (χ4n) is 4.15. The normalized spacial score (nSPS) is 12.4. The molecule has 186 valence electrons. The van der Waals surface area contributed by atoms with Gasteiger partial charge in [0.15, 0.2) is 0 Å². The summed E-state index contributed by atoms with van der Waals surface area (Å²) in [6.07, 6.45) is 0. The molecule has 4 aromatic carbocycles. The lowest BCUT2D eigenvalue weighted by molar-refractivity contribution is 0.0947. The highest BCUT2D eigenvalue weighted by Gasteiger charge is 2.28. The Morgan fingerprint density at radius 3 is 2.41 bits per heavy atom. The van der Waals surface area contributed by atoms with Crippen molar-refractivity contribution in [1.82, 2.24) is 5.32 Å². The maximum atomic E-state index is 13.8. The van der Waals surface area contributed by atoms with Crippen molar-refractivity contribution < 1.29 is 14.3 Å². The van der Waals surface area contributed by atoms with Crippen molar-refractivity contribution in [2.45, 2.75) is 29.8 Å². The lowest BCUT2D eigenvalue weighted by Gasteiger charge is -2.24. The van der Waals surface area contributed by atoms with Gasteiger partial charge in [-0.15, -0.1) is 0 Å². The van der Waals surface area contributed by atoms with E-state index in [1.165, 1.54) is 11.8 Å². The molecule has 0 saturated carbocycles. The van der Waals surface area contributed by atoms with Crippen LogP contribution in [0.1, 0.15) is 38.8 Å². The van der Waals surface area contributed by atoms with E-state index in [9.17, 15) is 9.59 Å². The molecule has 1 aliphatic heterocycles. The first-order valence-electron chi connectivity index (χ1n) is 12.0. The van der Waals surface area contributed by atoms with E-state index in [1.807, 2.05) is 73.7 Å². The molecule has 5 nitrogen and oxygen atoms in total. The smallest absolute Gasteiger partial charge is 0.259 e. The number of anilines is 1. The molecular weight excluding hydrogens is 504 g/mol. The number of carbonyl (C=O) groups is 2. The zero-order valence-corrected chi connectivity index (χ0v) is 21.8. The van der Waals surface area contributed by atoms with Crippen LogP contribution < -0.4 is 15.0 Å². The number of carbonyl (C=O) groups excluding carboxylic acids is 2. The fourth-order valence-corrected chi connectivity index (χ4v) is 5.33. The average Bonchev–Trinajstić information content (AvgIpc) is 3.03. The molecule has 7 heteroatoms. The van der Waals surface area contributed by atoms with Gasteiger partial charge in [0.1, 0.15) is 5.75 Å². The molecule has 0 aliphatic carbocycles. The van der Waals surface area contributed by atoms with Gasteiger partial charge in [0, 0.05) is 26.9 Å². The Balaban J connectivity index is 1.46. The van der Waals surface area contributed by atoms with Crippen molar-refractivity contribution in [1.29, 1.82) is 0 Å². The lowest BCUT2D eigenvalue weighted by Crippen LogP contribution is -2.31. The van der Waals surface area contributed by atoms with E-state index in [2.05, 4.69) is 5.32 Å². The van der Waals surface area contributed by atoms with Gasteiger partial charge in [0.05, 0.1) is 24.4 Å². The topological polar surface area (TPSA) is 58.6 Å². The Morgan fingerprint density at radius 1 is 0.919 bits per heavy atom. The Hall–Kier alpha value is -3.74. The summed E-state index contributed by atoms with van der Waals surface area (Å²) in [4.78, 5) is 30.4. The van der Waals surface area contributed by atoms with Crippen molar-refractivity contribution in [3.8, 4) is 5.75 Å². The van der Waals surface area contributed by atoms with E-state index in [0.717, 1.165) is 26.7 Å². The SMILES string of the molecule is CCOc1ccc(CN2C(=O)c3ccccc3Sc3ccc(C(=O)NCc4ccc(Cl)cc4)cc32)cc1. The standard InChI is InChI=1S/C30H25ClN2O3S/c1-2-36-24-14-9-21(10-15-24)19-33-26-17-22(29(34)32-18-20-7-12-23(31)13-8-20)11-16-28(26)37-27-6-4-3-5-25(27)30(33)35/h3-17H,2,18-19H2,1H3,(H,32,34). The first-order chi connectivity index (χ1) is 18.0. The second-order valence-corrected chi connectivity index (χ2v) is 10.1. The quantitative estimate of drug-likeness (QED) is 0.281. The summed E-state index contributed by atoms with van der Waals surface area (Å²) in [6.45, 7) is 3.28. The van der Waals surface area contributed by atoms with Crippen LogP contribution in [0.2, 0.25) is 5.02 Å². The van der Waals surface area contributed by atoms with Crippen LogP contribution in [0.3, 0.4) is 0 Å². The van der Waals surface area contributed by atoms with Gasteiger partial charge in [-0.2, -0.15) is 0 Å². The van der Waals surface area contributed by atoms with Gasteiger partial charge >= 0.3 is 0 Å². The highest BCUT2D eigenvalue weighted by atomic mass is 35.5. The molecule has 0 radical (unpaired) electrons. The third kappa shape index (κ3) is 5.66. The van der Waals surface area contributed by atoms with Crippen LogP contribution in [0.15, 0.2) is 101 Å². The van der Waals surface area contributed by atoms with Crippen LogP contribution in [-0.2, 0) is 13.1 Å². The van der Waals surface area contributed by atoms with Crippen molar-refractivity contribution in [3.63, 3.8) is 0 Å². The molecule has 0 bridgehead atoms. The summed E-state index contributed by atoms with van der Waals surface area (Å²) in [5, 5.41) is 3.61. The summed E-state index contributed by atoms with van der Waals surface area (Å²) < 4.78 is 5.56. The summed E-state index contributed by atoms with van der Waals surface area (Å²) in [7, 11) is 0. The van der Waals surface area contributed by atoms with Gasteiger partial charge in [-0.25, -0.2) is 0 Å². The Labute approximate surface area is 225 Å². The van der Waals surface area contributed by atoms with Gasteiger partial charge in [-0.1, -0.05) is 59.8 Å². The van der Waals surface area contributed by atoms with E-state index in [0.29, 0.717) is 41.5 Å². The summed E-state index contributed by atoms with van der Waals surface area (Å²) >= 11 is 7.50. The molecule has 0 atom stereocenters. The van der Waals surface area contributed by atoms with Crippen LogP contribution in [-0.4, -0.2) is 18.4 Å². The molecule has 4 aromatic rings. The molecule has 1 N–H and O–H groups in total. The number of ether oxygens (including phenoxy) is 1. The first-order valence-corrected chi connectivity index (χ1v) is 13.2. The van der Waals surface area contributed by atoms with Crippen LogP contribution in [0.4, 0.5) is 5.69 Å². The van der Waals surface area contributed by atoms with Gasteiger partial charge in [-0.05, 0) is 72.6 Å². The van der Waals surface area contributed by atoms with E-state index in [-0.39, 0.29) is 11.8 Å². The molecule has 1 heterocycles. The predicted octanol–water partition coefficient (Wildman–Crippen LogP) is 6.98. The van der Waals surface area contributed by atoms with Crippen molar-refractivity contribution in [2.24, 2.45) is 0 Å². The minimum absolute atomic E-state index is 0.102. The van der Waals surface area contributed by atoms with Crippen LogP contribution in [0, 0.1) is 0 Å². The Bertz CT molecular complexity index is 1440. The van der Waals surface area contributed by atoms with Crippen LogP contribution in [0.5, 0.6) is 5.75 Å². The average molecular weight is 529 g/mol. The summed E-state index contributed by atoms with van der Waals surface area (Å²) in [6, 6.07) is 28.2. The number of fused-ring (bicyclic) bond motifs is 2. The molecule has 0 aromatic heterocycles. The number of nitrogens with one attached hydrogen (secondary N) is 1. The van der Waals surface area contributed by atoms with Crippen molar-refractivity contribution in [3.05, 3.63) is 118 Å². The fraction of sp³-hybridized carbons (Fsp3) is 0.133. The second-order valence-electron chi connectivity index (χ2n) is 8.56. The predicted molar refractivity (Wildman–Crippen MR) is 148 cm³/mol. The number of hydrogen-bond acceptors (Lipinski definition) is 4. The molecule has 2 amide bonds. The number of amides is 2. The highest BCUT2D eigenvalue weighted by Crippen LogP contribution is 2.42. The molecular formula is C30H25ClN2O3S. The van der Waals surface area contributed by atoms with Crippen LogP contribution >= 0.6 is 23.4 Å². The van der Waals surface area contributed by atoms with Gasteiger partial charge in [0.2, 0.25) is 0 Å². The van der Waals surface area contributed by atoms with Gasteiger partial charge in [0.25, 0.3) is 11.8 Å². The molecule has 1 aliphatic rings. The van der Waals surface area contributed by atoms with E-state index in [1.54, 1.807) is 29.2 Å². The van der Waals surface area contributed by atoms with Crippen molar-refractivity contribution >= 4 is 40.9 Å². The molecule has 37 heavy (non-hydrogen) atoms. The van der Waals surface area contributed by atoms with E-state index >= 15 is 0 Å². The minimum atomic E-state index is -0.210. The molecule has 0 saturated heterocycles. The number of rotatable bonds is 7. The highest BCUT2D eigenvalue weighted by molar-refractivity contribution is 7.99. The minimum Gasteiger partial charge on any atom is -0.494 e. The van der Waals surface area contributed by atoms with Gasteiger partial charge < -0.3 is 15.0 Å². The molecule has 0 spiro atoms. The van der Waals surface area contributed by atoms with E-state index in [4.69, 9.17) is 16.3 Å². The van der Waals surface area contributed by atoms with Crippen LogP contribution in [0.25, 0.3) is 0 Å². The third-order valence-electron chi connectivity index (χ3n) is 6.04. The van der Waals surface area contributed by atoms with Crippen molar-refractivity contribution in [2.75, 3.05) is 11.5 Å². The molecule has 0 fully saturated rings. The van der Waals surface area contributed by atoms with E-state index < -0.39 is 0 Å². The maximum Gasteiger partial charge on any atom is 0.259 e. The largest absolute Gasteiger partial charge is 0.494 e. The summed E-state index contributed by atoms with van der Waals surface area (Å²) in [5.74, 6) is 0.474. The second kappa shape index (κ2) is 11.1. The van der Waals surface area contributed by atoms with Gasteiger partial charge in [-0.3, -0.25) is 9.59 Å². The Morgan fingerprint density at radius 2 is 1.65 bits per heavy atom. The molecule has 5 rings (SSSR count). The maximum absolute atomic E-state index is 13.8. The summed E-state index contributed by atoms with van der Waals surface area (Å²) in [5.41, 5.74) is 3.75. The number of nitrogens with zero attached hydrogens (tertiary/aromatic N) is 1. The third-order valence-corrected chi connectivity index (χ3v) is 7.43. The zero-order valence-electron chi connectivity index (χ0n) is 20.2.